The summed E-state index contributed by atoms with van der Waals surface area (Å²) >= 11 is 0. The maximum absolute atomic E-state index is 11.2. The van der Waals surface area contributed by atoms with E-state index in [4.69, 9.17) is 5.90 Å². The molecule has 0 saturated heterocycles. The van der Waals surface area contributed by atoms with Crippen LogP contribution < -0.4 is 5.90 Å². The van der Waals surface area contributed by atoms with E-state index in [9.17, 15) is 4.79 Å². The van der Waals surface area contributed by atoms with Crippen LogP contribution in [0.4, 0.5) is 0 Å². The largest absolute Gasteiger partial charge is 0.465 e. The van der Waals surface area contributed by atoms with Crippen LogP contribution in [0, 0.1) is 0 Å². The number of carbonyl (C=O) groups is 1. The highest BCUT2D eigenvalue weighted by atomic mass is 16.6. The lowest BCUT2D eigenvalue weighted by Crippen LogP contribution is -2.08. The number of hydrogen-bond acceptors (Lipinski definition) is 4. The van der Waals surface area contributed by atoms with Crippen molar-refractivity contribution in [2.75, 3.05) is 7.11 Å². The van der Waals surface area contributed by atoms with Crippen molar-refractivity contribution in [1.82, 2.24) is 0 Å². The first kappa shape index (κ1) is 9.70. The lowest BCUT2D eigenvalue weighted by atomic mass is 10.1. The third-order valence-corrected chi connectivity index (χ3v) is 1.66. The van der Waals surface area contributed by atoms with E-state index in [2.05, 4.69) is 9.57 Å². The minimum Gasteiger partial charge on any atom is -0.465 e. The number of rotatable bonds is 3. The predicted molar refractivity (Wildman–Crippen MR) is 46.8 cm³/mol. The number of benzene rings is 1. The van der Waals surface area contributed by atoms with Gasteiger partial charge in [0, 0.05) is 0 Å². The maximum atomic E-state index is 11.2. The summed E-state index contributed by atoms with van der Waals surface area (Å²) in [5, 5.41) is 0. The molecule has 1 aromatic carbocycles. The Morgan fingerprint density at radius 1 is 1.46 bits per heavy atom. The summed E-state index contributed by atoms with van der Waals surface area (Å²) in [5.41, 5.74) is 1.20. The molecule has 0 fully saturated rings. The van der Waals surface area contributed by atoms with E-state index in [1.807, 2.05) is 0 Å². The van der Waals surface area contributed by atoms with Gasteiger partial charge in [0.2, 0.25) is 0 Å². The van der Waals surface area contributed by atoms with Crippen molar-refractivity contribution < 1.29 is 14.4 Å². The zero-order chi connectivity index (χ0) is 9.68. The highest BCUT2D eigenvalue weighted by Crippen LogP contribution is 2.10. The van der Waals surface area contributed by atoms with Crippen molar-refractivity contribution in [2.24, 2.45) is 5.90 Å². The van der Waals surface area contributed by atoms with Crippen molar-refractivity contribution in [3.63, 3.8) is 0 Å². The van der Waals surface area contributed by atoms with Gasteiger partial charge in [-0.25, -0.2) is 10.7 Å². The highest BCUT2D eigenvalue weighted by Gasteiger charge is 2.09. The molecule has 0 saturated carbocycles. The van der Waals surface area contributed by atoms with Gasteiger partial charge < -0.3 is 4.74 Å². The molecule has 0 radical (unpaired) electrons. The van der Waals surface area contributed by atoms with Gasteiger partial charge in [0.05, 0.1) is 19.3 Å². The van der Waals surface area contributed by atoms with Gasteiger partial charge in [-0.15, -0.1) is 0 Å². The molecule has 0 amide bonds. The van der Waals surface area contributed by atoms with Crippen LogP contribution in [0.2, 0.25) is 0 Å². The van der Waals surface area contributed by atoms with Gasteiger partial charge in [-0.3, -0.25) is 4.84 Å². The van der Waals surface area contributed by atoms with Crippen LogP contribution in [0.3, 0.4) is 0 Å². The van der Waals surface area contributed by atoms with Crippen molar-refractivity contribution >= 4 is 5.97 Å². The zero-order valence-corrected chi connectivity index (χ0v) is 7.32. The summed E-state index contributed by atoms with van der Waals surface area (Å²) in [6.07, 6.45) is 0. The molecule has 0 aromatic heterocycles. The Hall–Kier alpha value is -1.39. The molecule has 2 N–H and O–H groups in total. The van der Waals surface area contributed by atoms with Crippen molar-refractivity contribution in [2.45, 2.75) is 6.61 Å². The van der Waals surface area contributed by atoms with Crippen LogP contribution in [-0.4, -0.2) is 13.1 Å². The fourth-order valence-electron chi connectivity index (χ4n) is 1.05. The summed E-state index contributed by atoms with van der Waals surface area (Å²) in [6, 6.07) is 6.99. The molecule has 0 atom stereocenters. The minimum absolute atomic E-state index is 0.200. The lowest BCUT2D eigenvalue weighted by molar-refractivity contribution is 0.0592. The minimum atomic E-state index is -0.382. The van der Waals surface area contributed by atoms with E-state index in [1.54, 1.807) is 24.3 Å². The average Bonchev–Trinajstić information content (AvgIpc) is 2.18. The number of hydrogen-bond donors (Lipinski definition) is 1. The second kappa shape index (κ2) is 4.59. The van der Waals surface area contributed by atoms with E-state index >= 15 is 0 Å². The Morgan fingerprint density at radius 3 is 2.77 bits per heavy atom. The van der Waals surface area contributed by atoms with Gasteiger partial charge in [-0.2, -0.15) is 0 Å². The van der Waals surface area contributed by atoms with Crippen LogP contribution in [0.15, 0.2) is 24.3 Å². The smallest absolute Gasteiger partial charge is 0.338 e. The zero-order valence-electron chi connectivity index (χ0n) is 7.32. The predicted octanol–water partition coefficient (Wildman–Crippen LogP) is 0.863. The molecule has 1 rings (SSSR count). The SMILES string of the molecule is COC(=O)c1ccccc1CON. The van der Waals surface area contributed by atoms with Gasteiger partial charge in [-0.1, -0.05) is 18.2 Å². The molecule has 0 unspecified atom stereocenters. The molecule has 0 bridgehead atoms. The number of carbonyl (C=O) groups excluding carboxylic acids is 1. The van der Waals surface area contributed by atoms with Gasteiger partial charge >= 0.3 is 5.97 Å². The highest BCUT2D eigenvalue weighted by molar-refractivity contribution is 5.90. The second-order valence-electron chi connectivity index (χ2n) is 2.46. The van der Waals surface area contributed by atoms with Crippen LogP contribution in [-0.2, 0) is 16.2 Å². The third-order valence-electron chi connectivity index (χ3n) is 1.66. The number of esters is 1. The second-order valence-corrected chi connectivity index (χ2v) is 2.46. The molecule has 70 valence electrons. The quantitative estimate of drug-likeness (QED) is 0.555. The summed E-state index contributed by atoms with van der Waals surface area (Å²) in [7, 11) is 1.34. The van der Waals surface area contributed by atoms with Gasteiger partial charge in [0.1, 0.15) is 0 Å². The number of ether oxygens (including phenoxy) is 1. The fraction of sp³-hybridized carbons (Fsp3) is 0.222. The molecule has 0 heterocycles. The summed E-state index contributed by atoms with van der Waals surface area (Å²) < 4.78 is 4.59. The Labute approximate surface area is 76.2 Å². The van der Waals surface area contributed by atoms with E-state index in [0.29, 0.717) is 5.56 Å². The molecule has 0 spiro atoms. The third kappa shape index (κ3) is 2.27. The molecule has 4 heteroatoms. The molecule has 13 heavy (non-hydrogen) atoms. The van der Waals surface area contributed by atoms with Gasteiger partial charge in [0.15, 0.2) is 0 Å². The number of nitrogens with two attached hydrogens (primary N) is 1. The van der Waals surface area contributed by atoms with Gasteiger partial charge in [0.25, 0.3) is 0 Å². The van der Waals surface area contributed by atoms with Crippen LogP contribution in [0.1, 0.15) is 15.9 Å². The van der Waals surface area contributed by atoms with Crippen molar-refractivity contribution in [1.29, 1.82) is 0 Å². The van der Waals surface area contributed by atoms with Crippen LogP contribution in [0.5, 0.6) is 0 Å². The molecule has 4 nitrogen and oxygen atoms in total. The Morgan fingerprint density at radius 2 is 2.15 bits per heavy atom. The fourth-order valence-corrected chi connectivity index (χ4v) is 1.05. The average molecular weight is 181 g/mol. The Balaban J connectivity index is 2.97. The standard InChI is InChI=1S/C9H11NO3/c1-12-9(11)8-5-3-2-4-7(8)6-13-10/h2-5H,6,10H2,1H3. The van der Waals surface area contributed by atoms with E-state index in [0.717, 1.165) is 5.56 Å². The summed E-state index contributed by atoms with van der Waals surface area (Å²) in [5.74, 6) is 4.54. The van der Waals surface area contributed by atoms with Gasteiger partial charge in [-0.05, 0) is 11.6 Å². The van der Waals surface area contributed by atoms with Crippen LogP contribution in [0.25, 0.3) is 0 Å². The lowest BCUT2D eigenvalue weighted by Gasteiger charge is -2.05. The normalized spacial score (nSPS) is 9.69. The summed E-state index contributed by atoms with van der Waals surface area (Å²) in [6.45, 7) is 0.200. The van der Waals surface area contributed by atoms with Crippen molar-refractivity contribution in [3.8, 4) is 0 Å². The maximum Gasteiger partial charge on any atom is 0.338 e. The first-order valence-electron chi connectivity index (χ1n) is 3.77. The van der Waals surface area contributed by atoms with E-state index in [1.165, 1.54) is 7.11 Å². The van der Waals surface area contributed by atoms with Crippen molar-refractivity contribution in [3.05, 3.63) is 35.4 Å². The molecule has 1 aromatic rings. The Bertz CT molecular complexity index is 299. The molecular formula is C9H11NO3. The number of methoxy groups -OCH3 is 1. The molecule has 0 aliphatic heterocycles. The topological polar surface area (TPSA) is 61.5 Å². The molecule has 0 aliphatic carbocycles. The van der Waals surface area contributed by atoms with E-state index in [-0.39, 0.29) is 12.6 Å². The molecule has 0 aliphatic rings. The van der Waals surface area contributed by atoms with Crippen LogP contribution >= 0.6 is 0 Å². The van der Waals surface area contributed by atoms with E-state index < -0.39 is 0 Å². The Kier molecular flexibility index (Phi) is 3.42. The summed E-state index contributed by atoms with van der Waals surface area (Å²) in [4.78, 5) is 15.6. The first-order valence-corrected chi connectivity index (χ1v) is 3.77. The first-order chi connectivity index (χ1) is 6.29. The molecular weight excluding hydrogens is 170 g/mol. The monoisotopic (exact) mass is 181 g/mol.